The van der Waals surface area contributed by atoms with E-state index >= 15 is 0 Å². The molecular formula is C17H32N2O. The van der Waals surface area contributed by atoms with Gasteiger partial charge in [-0.05, 0) is 12.8 Å². The maximum atomic E-state index is 9.70. The highest BCUT2D eigenvalue weighted by Crippen LogP contribution is 2.15. The third-order valence-corrected chi connectivity index (χ3v) is 3.91. The fourth-order valence-corrected chi connectivity index (χ4v) is 2.50. The van der Waals surface area contributed by atoms with Gasteiger partial charge in [-0.15, -0.1) is 0 Å². The van der Waals surface area contributed by atoms with E-state index < -0.39 is 0 Å². The summed E-state index contributed by atoms with van der Waals surface area (Å²) in [5, 5.41) is 9.70. The average Bonchev–Trinajstić information content (AvgIpc) is 2.93. The third kappa shape index (κ3) is 7.09. The van der Waals surface area contributed by atoms with Crippen molar-refractivity contribution < 1.29 is 5.11 Å². The van der Waals surface area contributed by atoms with Gasteiger partial charge in [0.2, 0.25) is 0 Å². The van der Waals surface area contributed by atoms with Crippen molar-refractivity contribution in [3.8, 4) is 0 Å². The van der Waals surface area contributed by atoms with Gasteiger partial charge in [0.15, 0.2) is 0 Å². The number of aromatic nitrogens is 2. The molecule has 3 heteroatoms. The van der Waals surface area contributed by atoms with Crippen LogP contribution in [0.25, 0.3) is 0 Å². The van der Waals surface area contributed by atoms with Gasteiger partial charge in [-0.1, -0.05) is 65.2 Å². The van der Waals surface area contributed by atoms with Gasteiger partial charge in [0.05, 0.1) is 18.0 Å². The molecule has 0 bridgehead atoms. The summed E-state index contributed by atoms with van der Waals surface area (Å²) in [7, 11) is 0. The summed E-state index contributed by atoms with van der Waals surface area (Å²) in [4.78, 5) is 7.57. The minimum absolute atomic E-state index is 0.389. The Balaban J connectivity index is 2.00. The summed E-state index contributed by atoms with van der Waals surface area (Å²) in [5.74, 6) is 1.02. The number of aryl methyl sites for hydroxylation is 1. The van der Waals surface area contributed by atoms with E-state index in [4.69, 9.17) is 0 Å². The van der Waals surface area contributed by atoms with Crippen molar-refractivity contribution >= 4 is 0 Å². The molecule has 1 heterocycles. The van der Waals surface area contributed by atoms with Crippen LogP contribution in [0.2, 0.25) is 0 Å². The molecule has 0 aliphatic heterocycles. The molecule has 1 aromatic heterocycles. The molecule has 0 saturated carbocycles. The highest BCUT2D eigenvalue weighted by atomic mass is 16.3. The average molecular weight is 280 g/mol. The molecule has 0 aromatic carbocycles. The minimum Gasteiger partial charge on any atom is -0.387 e. The molecule has 0 fully saturated rings. The second kappa shape index (κ2) is 10.9. The van der Waals surface area contributed by atoms with Crippen LogP contribution < -0.4 is 0 Å². The molecule has 0 spiro atoms. The number of hydrogen-bond acceptors (Lipinski definition) is 2. The molecular weight excluding hydrogens is 248 g/mol. The molecule has 2 N–H and O–H groups in total. The van der Waals surface area contributed by atoms with Crippen molar-refractivity contribution in [2.75, 3.05) is 0 Å². The van der Waals surface area contributed by atoms with Crippen molar-refractivity contribution in [1.82, 2.24) is 9.97 Å². The third-order valence-electron chi connectivity index (χ3n) is 3.91. The summed E-state index contributed by atoms with van der Waals surface area (Å²) in [5.41, 5.74) is 0.860. The summed E-state index contributed by atoms with van der Waals surface area (Å²) in [6, 6.07) is 0. The first kappa shape index (κ1) is 17.2. The summed E-state index contributed by atoms with van der Waals surface area (Å²) in [6.07, 6.45) is 15.3. The van der Waals surface area contributed by atoms with E-state index in [2.05, 4.69) is 16.9 Å². The highest BCUT2D eigenvalue weighted by Gasteiger charge is 2.07. The van der Waals surface area contributed by atoms with Gasteiger partial charge < -0.3 is 10.1 Å². The van der Waals surface area contributed by atoms with E-state index in [1.165, 1.54) is 57.8 Å². The minimum atomic E-state index is -0.389. The van der Waals surface area contributed by atoms with Crippen LogP contribution in [0, 0.1) is 0 Å². The van der Waals surface area contributed by atoms with Gasteiger partial charge in [-0.2, -0.15) is 0 Å². The van der Waals surface area contributed by atoms with Gasteiger partial charge in [-0.25, -0.2) is 4.98 Å². The maximum absolute atomic E-state index is 9.70. The van der Waals surface area contributed by atoms with E-state index in [0.29, 0.717) is 0 Å². The summed E-state index contributed by atoms with van der Waals surface area (Å²) in [6.45, 7) is 4.24. The van der Waals surface area contributed by atoms with Gasteiger partial charge >= 0.3 is 0 Å². The molecule has 3 nitrogen and oxygen atoms in total. The Hall–Kier alpha value is -0.830. The molecule has 0 aliphatic rings. The van der Waals surface area contributed by atoms with E-state index in [0.717, 1.165) is 24.4 Å². The van der Waals surface area contributed by atoms with Crippen LogP contribution in [-0.2, 0) is 6.42 Å². The Morgan fingerprint density at radius 1 is 1.00 bits per heavy atom. The number of H-pyrrole nitrogens is 1. The van der Waals surface area contributed by atoms with Crippen LogP contribution in [0.3, 0.4) is 0 Å². The first-order valence-corrected chi connectivity index (χ1v) is 8.49. The summed E-state index contributed by atoms with van der Waals surface area (Å²) >= 11 is 0. The molecule has 0 amide bonds. The van der Waals surface area contributed by atoms with Crippen molar-refractivity contribution in [2.24, 2.45) is 0 Å². The normalized spacial score (nSPS) is 12.8. The molecule has 20 heavy (non-hydrogen) atoms. The zero-order chi connectivity index (χ0) is 14.6. The lowest BCUT2D eigenvalue weighted by atomic mass is 10.1. The monoisotopic (exact) mass is 280 g/mol. The van der Waals surface area contributed by atoms with Crippen molar-refractivity contribution in [3.05, 3.63) is 17.7 Å². The Labute approximate surface area is 124 Å². The lowest BCUT2D eigenvalue weighted by Gasteiger charge is -2.03. The number of aliphatic hydroxyl groups excluding tert-OH is 1. The first-order valence-electron chi connectivity index (χ1n) is 8.49. The molecule has 1 rings (SSSR count). The maximum Gasteiger partial charge on any atom is 0.106 e. The van der Waals surface area contributed by atoms with E-state index in [-0.39, 0.29) is 6.10 Å². The molecule has 0 aliphatic carbocycles. The number of aromatic amines is 1. The molecule has 1 atom stereocenters. The first-order chi connectivity index (χ1) is 9.77. The van der Waals surface area contributed by atoms with Crippen LogP contribution in [0.1, 0.15) is 95.7 Å². The van der Waals surface area contributed by atoms with Crippen LogP contribution in [0.15, 0.2) is 6.20 Å². The van der Waals surface area contributed by atoms with Crippen LogP contribution in [-0.4, -0.2) is 15.1 Å². The van der Waals surface area contributed by atoms with Crippen molar-refractivity contribution in [2.45, 2.75) is 90.6 Å². The molecule has 0 saturated heterocycles. The Morgan fingerprint density at radius 3 is 2.20 bits per heavy atom. The SMILES string of the molecule is CCCCCCCCCCCc1ncc(C(O)CC)[nH]1. The van der Waals surface area contributed by atoms with Crippen molar-refractivity contribution in [1.29, 1.82) is 0 Å². The Bertz CT molecular complexity index is 335. The van der Waals surface area contributed by atoms with Crippen LogP contribution in [0.4, 0.5) is 0 Å². The zero-order valence-electron chi connectivity index (χ0n) is 13.3. The molecule has 116 valence electrons. The number of unbranched alkanes of at least 4 members (excludes halogenated alkanes) is 8. The Kier molecular flexibility index (Phi) is 9.38. The zero-order valence-corrected chi connectivity index (χ0v) is 13.3. The lowest BCUT2D eigenvalue weighted by molar-refractivity contribution is 0.169. The van der Waals surface area contributed by atoms with Crippen molar-refractivity contribution in [3.63, 3.8) is 0 Å². The predicted octanol–water partition coefficient (Wildman–Crippen LogP) is 4.93. The fourth-order valence-electron chi connectivity index (χ4n) is 2.50. The number of hydrogen-bond donors (Lipinski definition) is 2. The molecule has 1 unspecified atom stereocenters. The second-order valence-electron chi connectivity index (χ2n) is 5.79. The van der Waals surface area contributed by atoms with E-state index in [9.17, 15) is 5.11 Å². The smallest absolute Gasteiger partial charge is 0.106 e. The predicted molar refractivity (Wildman–Crippen MR) is 84.8 cm³/mol. The van der Waals surface area contributed by atoms with Gasteiger partial charge in [-0.3, -0.25) is 0 Å². The second-order valence-corrected chi connectivity index (χ2v) is 5.79. The number of nitrogens with one attached hydrogen (secondary N) is 1. The van der Waals surface area contributed by atoms with E-state index in [1.807, 2.05) is 6.92 Å². The number of nitrogens with zero attached hydrogens (tertiary/aromatic N) is 1. The van der Waals surface area contributed by atoms with Gasteiger partial charge in [0.25, 0.3) is 0 Å². The topological polar surface area (TPSA) is 48.9 Å². The summed E-state index contributed by atoms with van der Waals surface area (Å²) < 4.78 is 0. The standard InChI is InChI=1S/C17H32N2O/c1-3-5-6-7-8-9-10-11-12-13-17-18-14-15(19-17)16(20)4-2/h14,16,20H,3-13H2,1-2H3,(H,18,19). The Morgan fingerprint density at radius 2 is 1.60 bits per heavy atom. The van der Waals surface area contributed by atoms with E-state index in [1.54, 1.807) is 6.20 Å². The van der Waals surface area contributed by atoms with Crippen LogP contribution in [0.5, 0.6) is 0 Å². The quantitative estimate of drug-likeness (QED) is 0.533. The molecule has 0 radical (unpaired) electrons. The number of aliphatic hydroxyl groups is 1. The van der Waals surface area contributed by atoms with Gasteiger partial charge in [0, 0.05) is 6.42 Å². The lowest BCUT2D eigenvalue weighted by Crippen LogP contribution is -1.96. The highest BCUT2D eigenvalue weighted by molar-refractivity contribution is 5.04. The number of rotatable bonds is 12. The fraction of sp³-hybridized carbons (Fsp3) is 0.824. The number of imidazole rings is 1. The van der Waals surface area contributed by atoms with Gasteiger partial charge in [0.1, 0.15) is 5.82 Å². The van der Waals surface area contributed by atoms with Crippen LogP contribution >= 0.6 is 0 Å². The molecule has 1 aromatic rings. The largest absolute Gasteiger partial charge is 0.387 e.